The molecule has 0 atom stereocenters. The molecule has 0 aliphatic rings. The van der Waals surface area contributed by atoms with E-state index in [1.54, 1.807) is 24.5 Å². The Morgan fingerprint density at radius 1 is 0.864 bits per heavy atom. The molecule has 0 radical (unpaired) electrons. The van der Waals surface area contributed by atoms with Gasteiger partial charge in [-0.15, -0.1) is 0 Å². The van der Waals surface area contributed by atoms with Crippen molar-refractivity contribution in [3.05, 3.63) is 78.4 Å². The molecule has 0 fully saturated rings. The van der Waals surface area contributed by atoms with Gasteiger partial charge >= 0.3 is 5.97 Å². The Hall–Kier alpha value is -3.01. The average Bonchev–Trinajstić information content (AvgIpc) is 2.57. The van der Waals surface area contributed by atoms with Gasteiger partial charge in [-0.3, -0.25) is 0 Å². The Labute approximate surface area is 128 Å². The minimum Gasteiger partial charge on any atom is -0.421 e. The Kier molecular flexibility index (Phi) is 3.92. The summed E-state index contributed by atoms with van der Waals surface area (Å²) in [6.07, 6.45) is 3.17. The van der Waals surface area contributed by atoms with E-state index in [4.69, 9.17) is 4.74 Å². The van der Waals surface area contributed by atoms with Crippen LogP contribution in [0.2, 0.25) is 0 Å². The Bertz CT molecular complexity index is 766. The highest BCUT2D eigenvalue weighted by Gasteiger charge is 2.11. The van der Waals surface area contributed by atoms with Crippen molar-refractivity contribution in [3.63, 3.8) is 0 Å². The minimum atomic E-state index is -0.563. The smallest absolute Gasteiger partial charge is 0.381 e. The number of aromatic nitrogens is 2. The van der Waals surface area contributed by atoms with Gasteiger partial charge in [-0.05, 0) is 35.7 Å². The zero-order valence-corrected chi connectivity index (χ0v) is 12.1. The molecule has 1 heterocycles. The summed E-state index contributed by atoms with van der Waals surface area (Å²) in [7, 11) is 0. The van der Waals surface area contributed by atoms with E-state index in [0.29, 0.717) is 5.75 Å². The maximum Gasteiger partial charge on any atom is 0.381 e. The summed E-state index contributed by atoms with van der Waals surface area (Å²) in [6, 6.07) is 17.3. The van der Waals surface area contributed by atoms with Gasteiger partial charge in [0.1, 0.15) is 5.75 Å². The molecule has 4 nitrogen and oxygen atoms in total. The average molecular weight is 290 g/mol. The van der Waals surface area contributed by atoms with E-state index in [2.05, 4.69) is 9.97 Å². The van der Waals surface area contributed by atoms with Gasteiger partial charge in [0.15, 0.2) is 0 Å². The predicted octanol–water partition coefficient (Wildman–Crippen LogP) is 3.67. The van der Waals surface area contributed by atoms with Crippen LogP contribution in [-0.2, 0) is 0 Å². The summed E-state index contributed by atoms with van der Waals surface area (Å²) in [5, 5.41) is 0. The number of nitrogens with zero attached hydrogens (tertiary/aromatic N) is 2. The maximum atomic E-state index is 11.9. The first-order chi connectivity index (χ1) is 10.7. The lowest BCUT2D eigenvalue weighted by atomic mass is 10.1. The number of esters is 1. The predicted molar refractivity (Wildman–Crippen MR) is 83.6 cm³/mol. The largest absolute Gasteiger partial charge is 0.421 e. The summed E-state index contributed by atoms with van der Waals surface area (Å²) in [5.41, 5.74) is 3.07. The van der Waals surface area contributed by atoms with Crippen molar-refractivity contribution in [1.29, 1.82) is 0 Å². The van der Waals surface area contributed by atoms with Gasteiger partial charge in [0.2, 0.25) is 5.82 Å². The number of hydrogen-bond donors (Lipinski definition) is 0. The molecule has 0 aliphatic carbocycles. The molecule has 0 aliphatic heterocycles. The van der Waals surface area contributed by atoms with Crippen LogP contribution in [-0.4, -0.2) is 15.9 Å². The maximum absolute atomic E-state index is 11.9. The number of rotatable bonds is 3. The summed E-state index contributed by atoms with van der Waals surface area (Å²) in [5.74, 6) is -0.0425. The SMILES string of the molecule is Cc1cnc(C(=O)Oc2ccc(-c3ccccc3)cc2)nc1. The molecule has 0 unspecified atom stereocenters. The molecule has 1 aromatic heterocycles. The summed E-state index contributed by atoms with van der Waals surface area (Å²) in [4.78, 5) is 19.8. The topological polar surface area (TPSA) is 52.1 Å². The Morgan fingerprint density at radius 2 is 1.45 bits per heavy atom. The fourth-order valence-electron chi connectivity index (χ4n) is 2.00. The van der Waals surface area contributed by atoms with E-state index in [1.807, 2.05) is 49.4 Å². The standard InChI is InChI=1S/C18H14N2O2/c1-13-11-19-17(20-12-13)18(21)22-16-9-7-15(8-10-16)14-5-3-2-4-6-14/h2-12H,1H3. The first-order valence-electron chi connectivity index (χ1n) is 6.89. The van der Waals surface area contributed by atoms with Crippen molar-refractivity contribution in [1.82, 2.24) is 9.97 Å². The van der Waals surface area contributed by atoms with Crippen LogP contribution in [0.3, 0.4) is 0 Å². The second-order valence-corrected chi connectivity index (χ2v) is 4.86. The third-order valence-electron chi connectivity index (χ3n) is 3.14. The lowest BCUT2D eigenvalue weighted by Crippen LogP contribution is -2.12. The molecule has 4 heteroatoms. The molecule has 0 amide bonds. The molecule has 0 saturated carbocycles. The number of carbonyl (C=O) groups is 1. The molecule has 0 spiro atoms. The van der Waals surface area contributed by atoms with Gasteiger partial charge in [-0.25, -0.2) is 14.8 Å². The minimum absolute atomic E-state index is 0.0535. The summed E-state index contributed by atoms with van der Waals surface area (Å²) >= 11 is 0. The zero-order chi connectivity index (χ0) is 15.4. The van der Waals surface area contributed by atoms with Crippen molar-refractivity contribution in [2.24, 2.45) is 0 Å². The van der Waals surface area contributed by atoms with E-state index in [0.717, 1.165) is 16.7 Å². The molecule has 108 valence electrons. The summed E-state index contributed by atoms with van der Waals surface area (Å²) < 4.78 is 5.27. The highest BCUT2D eigenvalue weighted by Crippen LogP contribution is 2.22. The van der Waals surface area contributed by atoms with Crippen LogP contribution in [0.15, 0.2) is 67.0 Å². The lowest BCUT2D eigenvalue weighted by Gasteiger charge is -2.05. The number of hydrogen-bond acceptors (Lipinski definition) is 4. The zero-order valence-electron chi connectivity index (χ0n) is 12.1. The van der Waals surface area contributed by atoms with Gasteiger partial charge in [0.25, 0.3) is 0 Å². The number of ether oxygens (including phenoxy) is 1. The highest BCUT2D eigenvalue weighted by atomic mass is 16.5. The molecular weight excluding hydrogens is 276 g/mol. The molecule has 3 rings (SSSR count). The molecule has 0 bridgehead atoms. The molecule has 0 N–H and O–H groups in total. The van der Waals surface area contributed by atoms with Crippen molar-refractivity contribution >= 4 is 5.97 Å². The van der Waals surface area contributed by atoms with E-state index >= 15 is 0 Å². The van der Waals surface area contributed by atoms with Gasteiger partial charge in [-0.1, -0.05) is 42.5 Å². The second-order valence-electron chi connectivity index (χ2n) is 4.86. The first-order valence-corrected chi connectivity index (χ1v) is 6.89. The van der Waals surface area contributed by atoms with E-state index in [9.17, 15) is 4.79 Å². The Balaban J connectivity index is 1.73. The van der Waals surface area contributed by atoms with Crippen molar-refractivity contribution in [2.45, 2.75) is 6.92 Å². The van der Waals surface area contributed by atoms with Crippen LogP contribution >= 0.6 is 0 Å². The normalized spacial score (nSPS) is 10.2. The van der Waals surface area contributed by atoms with E-state index < -0.39 is 5.97 Å². The van der Waals surface area contributed by atoms with Crippen molar-refractivity contribution < 1.29 is 9.53 Å². The van der Waals surface area contributed by atoms with Gasteiger partial charge in [0, 0.05) is 12.4 Å². The van der Waals surface area contributed by atoms with Crippen LogP contribution in [0, 0.1) is 6.92 Å². The number of aryl methyl sites for hydroxylation is 1. The number of benzene rings is 2. The molecule has 0 saturated heterocycles. The van der Waals surface area contributed by atoms with Gasteiger partial charge in [0.05, 0.1) is 0 Å². The van der Waals surface area contributed by atoms with Gasteiger partial charge in [-0.2, -0.15) is 0 Å². The molecule has 3 aromatic rings. The second kappa shape index (κ2) is 6.18. The molecule has 2 aromatic carbocycles. The fourth-order valence-corrected chi connectivity index (χ4v) is 2.00. The van der Waals surface area contributed by atoms with Crippen LogP contribution in [0.25, 0.3) is 11.1 Å². The molecule has 22 heavy (non-hydrogen) atoms. The highest BCUT2D eigenvalue weighted by molar-refractivity contribution is 5.87. The van der Waals surface area contributed by atoms with E-state index in [1.165, 1.54) is 0 Å². The monoisotopic (exact) mass is 290 g/mol. The van der Waals surface area contributed by atoms with Crippen molar-refractivity contribution in [3.8, 4) is 16.9 Å². The van der Waals surface area contributed by atoms with Crippen molar-refractivity contribution in [2.75, 3.05) is 0 Å². The van der Waals surface area contributed by atoms with Crippen LogP contribution < -0.4 is 4.74 Å². The van der Waals surface area contributed by atoms with Crippen LogP contribution in [0.1, 0.15) is 16.2 Å². The first kappa shape index (κ1) is 13.9. The quantitative estimate of drug-likeness (QED) is 0.545. The lowest BCUT2D eigenvalue weighted by molar-refractivity contribution is 0.0722. The fraction of sp³-hybridized carbons (Fsp3) is 0.0556. The summed E-state index contributed by atoms with van der Waals surface area (Å²) in [6.45, 7) is 1.86. The Morgan fingerprint density at radius 3 is 2.09 bits per heavy atom. The third-order valence-corrected chi connectivity index (χ3v) is 3.14. The van der Waals surface area contributed by atoms with Crippen LogP contribution in [0.4, 0.5) is 0 Å². The van der Waals surface area contributed by atoms with Gasteiger partial charge < -0.3 is 4.74 Å². The van der Waals surface area contributed by atoms with Crippen LogP contribution in [0.5, 0.6) is 5.75 Å². The molecular formula is C18H14N2O2. The third kappa shape index (κ3) is 3.17. The van der Waals surface area contributed by atoms with E-state index in [-0.39, 0.29) is 5.82 Å². The number of carbonyl (C=O) groups excluding carboxylic acids is 1.